The summed E-state index contributed by atoms with van der Waals surface area (Å²) in [4.78, 5) is 12.5. The lowest BCUT2D eigenvalue weighted by atomic mass is 10.1. The summed E-state index contributed by atoms with van der Waals surface area (Å²) >= 11 is 7.10. The van der Waals surface area contributed by atoms with Crippen LogP contribution in [0.25, 0.3) is 0 Å². The van der Waals surface area contributed by atoms with E-state index in [-0.39, 0.29) is 15.9 Å². The van der Waals surface area contributed by atoms with E-state index in [1.165, 1.54) is 12.1 Å². The van der Waals surface area contributed by atoms with Crippen LogP contribution < -0.4 is 5.32 Å². The molecule has 0 atom stereocenters. The van der Waals surface area contributed by atoms with Crippen LogP contribution in [0.5, 0.6) is 0 Å². The second-order valence-electron chi connectivity index (χ2n) is 4.80. The predicted molar refractivity (Wildman–Crippen MR) is 89.4 cm³/mol. The Kier molecular flexibility index (Phi) is 5.26. The van der Waals surface area contributed by atoms with Crippen LogP contribution in [0.15, 0.2) is 34.5 Å². The Morgan fingerprint density at radius 3 is 2.64 bits per heavy atom. The number of amides is 1. The number of thiophene rings is 1. The molecule has 1 aromatic heterocycles. The number of halogens is 1. The molecule has 118 valence electrons. The van der Waals surface area contributed by atoms with Gasteiger partial charge >= 0.3 is 0 Å². The molecular formula is C15H16ClNO3S2. The topological polar surface area (TPSA) is 63.2 Å². The van der Waals surface area contributed by atoms with E-state index < -0.39 is 9.84 Å². The Bertz CT molecular complexity index is 797. The van der Waals surface area contributed by atoms with Gasteiger partial charge in [-0.25, -0.2) is 8.42 Å². The van der Waals surface area contributed by atoms with Gasteiger partial charge in [0, 0.05) is 11.6 Å². The van der Waals surface area contributed by atoms with Gasteiger partial charge in [-0.1, -0.05) is 30.7 Å². The molecule has 0 aliphatic heterocycles. The number of benzene rings is 1. The molecule has 0 aliphatic carbocycles. The average Bonchev–Trinajstić information content (AvgIpc) is 2.96. The van der Waals surface area contributed by atoms with Crippen LogP contribution >= 0.6 is 22.9 Å². The number of carbonyl (C=O) groups excluding carboxylic acids is 1. The first kappa shape index (κ1) is 17.0. The second-order valence-corrected chi connectivity index (χ2v) is 8.80. The number of aryl methyl sites for hydroxylation is 1. The summed E-state index contributed by atoms with van der Waals surface area (Å²) < 4.78 is 23.7. The van der Waals surface area contributed by atoms with Gasteiger partial charge in [-0.3, -0.25) is 4.79 Å². The number of nitrogens with one attached hydrogen (secondary N) is 1. The molecule has 4 nitrogen and oxygen atoms in total. The smallest absolute Gasteiger partial charge is 0.261 e. The van der Waals surface area contributed by atoms with Gasteiger partial charge in [0.1, 0.15) is 4.21 Å². The number of sulfone groups is 1. The van der Waals surface area contributed by atoms with Crippen LogP contribution in [0.3, 0.4) is 0 Å². The van der Waals surface area contributed by atoms with E-state index in [4.69, 9.17) is 11.6 Å². The number of rotatable bonds is 5. The van der Waals surface area contributed by atoms with Gasteiger partial charge in [0.2, 0.25) is 0 Å². The van der Waals surface area contributed by atoms with Crippen molar-refractivity contribution in [1.29, 1.82) is 0 Å². The highest BCUT2D eigenvalue weighted by atomic mass is 35.5. The van der Waals surface area contributed by atoms with Gasteiger partial charge in [0.15, 0.2) is 9.84 Å². The minimum Gasteiger partial charge on any atom is -0.347 e. The molecular weight excluding hydrogens is 342 g/mol. The molecule has 0 spiro atoms. The van der Waals surface area contributed by atoms with Crippen LogP contribution in [0.4, 0.5) is 0 Å². The average molecular weight is 358 g/mol. The minimum atomic E-state index is -3.27. The van der Waals surface area contributed by atoms with Crippen LogP contribution in [0, 0.1) is 6.92 Å². The molecule has 2 rings (SSSR count). The first-order valence-electron chi connectivity index (χ1n) is 6.69. The lowest BCUT2D eigenvalue weighted by Gasteiger charge is -2.06. The number of carbonyl (C=O) groups is 1. The van der Waals surface area contributed by atoms with Crippen molar-refractivity contribution in [3.63, 3.8) is 0 Å². The number of hydrogen-bond acceptors (Lipinski definition) is 4. The molecule has 0 bridgehead atoms. The van der Waals surface area contributed by atoms with Crippen molar-refractivity contribution in [2.75, 3.05) is 5.75 Å². The maximum atomic E-state index is 12.1. The third kappa shape index (κ3) is 3.88. The molecule has 22 heavy (non-hydrogen) atoms. The van der Waals surface area contributed by atoms with Crippen molar-refractivity contribution in [1.82, 2.24) is 5.32 Å². The minimum absolute atomic E-state index is 0.0214. The normalized spacial score (nSPS) is 11.4. The molecule has 0 saturated carbocycles. The van der Waals surface area contributed by atoms with Gasteiger partial charge in [-0.15, -0.1) is 11.3 Å². The zero-order valence-corrected chi connectivity index (χ0v) is 14.6. The zero-order chi connectivity index (χ0) is 16.3. The summed E-state index contributed by atoms with van der Waals surface area (Å²) in [7, 11) is -3.27. The first-order valence-corrected chi connectivity index (χ1v) is 9.54. The Morgan fingerprint density at radius 1 is 1.27 bits per heavy atom. The highest BCUT2D eigenvalue weighted by molar-refractivity contribution is 7.93. The molecule has 0 unspecified atom stereocenters. The SMILES string of the molecule is CCS(=O)(=O)c1ccc(C(=O)NCc2ccc(C)cc2Cl)s1. The van der Waals surface area contributed by atoms with E-state index in [1.807, 2.05) is 25.1 Å². The van der Waals surface area contributed by atoms with Crippen LogP contribution in [-0.4, -0.2) is 20.1 Å². The van der Waals surface area contributed by atoms with Crippen molar-refractivity contribution in [2.24, 2.45) is 0 Å². The summed E-state index contributed by atoms with van der Waals surface area (Å²) in [5.41, 5.74) is 1.87. The van der Waals surface area contributed by atoms with Gasteiger partial charge in [-0.05, 0) is 36.2 Å². The van der Waals surface area contributed by atoms with E-state index in [1.54, 1.807) is 6.92 Å². The maximum absolute atomic E-state index is 12.1. The van der Waals surface area contributed by atoms with Crippen molar-refractivity contribution in [3.05, 3.63) is 51.4 Å². The van der Waals surface area contributed by atoms with E-state index >= 15 is 0 Å². The van der Waals surface area contributed by atoms with Gasteiger partial charge in [-0.2, -0.15) is 0 Å². The lowest BCUT2D eigenvalue weighted by Crippen LogP contribution is -2.21. The predicted octanol–water partition coefficient (Wildman–Crippen LogP) is 3.43. The van der Waals surface area contributed by atoms with E-state index in [0.717, 1.165) is 22.5 Å². The third-order valence-electron chi connectivity index (χ3n) is 3.14. The number of hydrogen-bond donors (Lipinski definition) is 1. The van der Waals surface area contributed by atoms with Crippen molar-refractivity contribution in [2.45, 2.75) is 24.6 Å². The summed E-state index contributed by atoms with van der Waals surface area (Å²) in [6.07, 6.45) is 0. The van der Waals surface area contributed by atoms with Crippen LogP contribution in [0.1, 0.15) is 27.7 Å². The monoisotopic (exact) mass is 357 g/mol. The molecule has 7 heteroatoms. The molecule has 1 amide bonds. The van der Waals surface area contributed by atoms with Crippen molar-refractivity contribution < 1.29 is 13.2 Å². The molecule has 0 fully saturated rings. The fourth-order valence-electron chi connectivity index (χ4n) is 1.81. The Balaban J connectivity index is 2.07. The summed E-state index contributed by atoms with van der Waals surface area (Å²) in [6.45, 7) is 3.81. The van der Waals surface area contributed by atoms with E-state index in [9.17, 15) is 13.2 Å². The largest absolute Gasteiger partial charge is 0.347 e. The molecule has 0 radical (unpaired) electrons. The zero-order valence-electron chi connectivity index (χ0n) is 12.2. The van der Waals surface area contributed by atoms with E-state index in [0.29, 0.717) is 16.4 Å². The van der Waals surface area contributed by atoms with Crippen molar-refractivity contribution >= 4 is 38.7 Å². The van der Waals surface area contributed by atoms with Gasteiger partial charge in [0.25, 0.3) is 5.91 Å². The second kappa shape index (κ2) is 6.81. The molecule has 2 aromatic rings. The molecule has 0 aliphatic rings. The standard InChI is InChI=1S/C15H16ClNO3S2/c1-3-22(19,20)14-7-6-13(21-14)15(18)17-9-11-5-4-10(2)8-12(11)16/h4-8H,3,9H2,1-2H3,(H,17,18). The Hall–Kier alpha value is -1.37. The highest BCUT2D eigenvalue weighted by Gasteiger charge is 2.17. The Labute approximate surface area is 139 Å². The molecule has 1 heterocycles. The Morgan fingerprint density at radius 2 is 2.00 bits per heavy atom. The highest BCUT2D eigenvalue weighted by Crippen LogP contribution is 2.23. The van der Waals surface area contributed by atoms with Gasteiger partial charge < -0.3 is 5.32 Å². The lowest BCUT2D eigenvalue weighted by molar-refractivity contribution is 0.0955. The molecule has 1 aromatic carbocycles. The fourth-order valence-corrected chi connectivity index (χ4v) is 4.46. The van der Waals surface area contributed by atoms with Crippen LogP contribution in [-0.2, 0) is 16.4 Å². The summed E-state index contributed by atoms with van der Waals surface area (Å²) in [6, 6.07) is 8.61. The molecule has 0 saturated heterocycles. The summed E-state index contributed by atoms with van der Waals surface area (Å²) in [5, 5.41) is 3.35. The fraction of sp³-hybridized carbons (Fsp3) is 0.267. The van der Waals surface area contributed by atoms with Crippen LogP contribution in [0.2, 0.25) is 5.02 Å². The first-order chi connectivity index (χ1) is 10.3. The summed E-state index contributed by atoms with van der Waals surface area (Å²) in [5.74, 6) is -0.285. The van der Waals surface area contributed by atoms with Gasteiger partial charge in [0.05, 0.1) is 10.6 Å². The van der Waals surface area contributed by atoms with Crippen molar-refractivity contribution in [3.8, 4) is 0 Å². The molecule has 1 N–H and O–H groups in total. The quantitative estimate of drug-likeness (QED) is 0.891. The third-order valence-corrected chi connectivity index (χ3v) is 6.89. The van der Waals surface area contributed by atoms with E-state index in [2.05, 4.69) is 5.32 Å². The maximum Gasteiger partial charge on any atom is 0.261 e.